The molecule has 0 fully saturated rings. The van der Waals surface area contributed by atoms with Gasteiger partial charge in [0.15, 0.2) is 0 Å². The van der Waals surface area contributed by atoms with Gasteiger partial charge in [-0.2, -0.15) is 0 Å². The summed E-state index contributed by atoms with van der Waals surface area (Å²) in [5, 5.41) is 12.4. The average molecular weight is 690 g/mol. The van der Waals surface area contributed by atoms with Gasteiger partial charge in [0.25, 0.3) is 5.56 Å². The third-order valence-electron chi connectivity index (χ3n) is 8.80. The van der Waals surface area contributed by atoms with Crippen molar-refractivity contribution >= 4 is 28.7 Å². The number of nitrogens with one attached hydrogen (secondary N) is 1. The van der Waals surface area contributed by atoms with Crippen LogP contribution in [0.3, 0.4) is 0 Å². The van der Waals surface area contributed by atoms with E-state index in [1.165, 1.54) is 0 Å². The monoisotopic (exact) mass is 689 g/mol. The molecule has 5 aromatic rings. The van der Waals surface area contributed by atoms with Crippen LogP contribution in [0.1, 0.15) is 91.3 Å². The van der Waals surface area contributed by atoms with E-state index >= 15 is 0 Å². The minimum absolute atomic E-state index is 0.168. The summed E-state index contributed by atoms with van der Waals surface area (Å²) in [6.07, 6.45) is 5.66. The van der Waals surface area contributed by atoms with Gasteiger partial charge in [0, 0.05) is 18.5 Å². The summed E-state index contributed by atoms with van der Waals surface area (Å²) >= 11 is 0. The first-order chi connectivity index (χ1) is 24.8. The highest BCUT2D eigenvalue weighted by Gasteiger charge is 2.17. The fourth-order valence-electron chi connectivity index (χ4n) is 6.16. The molecule has 9 nitrogen and oxygen atoms in total. The highest BCUT2D eigenvalue weighted by molar-refractivity contribution is 5.89. The normalized spacial score (nSPS) is 11.7. The highest BCUT2D eigenvalue weighted by Crippen LogP contribution is 2.25. The number of aryl methyl sites for hydroxylation is 2. The zero-order valence-corrected chi connectivity index (χ0v) is 29.7. The molecule has 1 atom stereocenters. The summed E-state index contributed by atoms with van der Waals surface area (Å²) < 4.78 is 13.7. The molecule has 0 saturated carbocycles. The lowest BCUT2D eigenvalue weighted by atomic mass is 10.0. The number of ether oxygens (including phenoxy) is 2. The number of carbonyl (C=O) groups excluding carboxylic acids is 1. The molecule has 0 radical (unpaired) electrons. The summed E-state index contributed by atoms with van der Waals surface area (Å²) in [4.78, 5) is 43.3. The largest absolute Gasteiger partial charge is 0.489 e. The lowest BCUT2D eigenvalue weighted by Gasteiger charge is -2.18. The smallest absolute Gasteiger partial charge is 0.411 e. The van der Waals surface area contributed by atoms with Crippen LogP contribution in [0.4, 0.5) is 10.5 Å². The number of nitrogens with zero attached hydrogens (tertiary/aromatic N) is 2. The standard InChI is InChI=1S/C42H47N3O6/c1-4-7-15-39-44-37-22-21-34(43-42(49)51-35(12-6-3)25-29-13-9-8-10-14-29)26-36(37)40(46)45(39)27-31-18-23-38(33(24-31)11-5-2)50-28-30-16-19-32(20-17-30)41(47)48/h8-10,13-14,16-24,26,35H,4-7,11-12,15,25,27-28H2,1-3H3,(H,43,49)(H,47,48). The van der Waals surface area contributed by atoms with Crippen molar-refractivity contribution in [1.82, 2.24) is 9.55 Å². The van der Waals surface area contributed by atoms with E-state index in [1.54, 1.807) is 47.0 Å². The second-order valence-electron chi connectivity index (χ2n) is 12.9. The van der Waals surface area contributed by atoms with Gasteiger partial charge in [-0.05, 0) is 77.9 Å². The van der Waals surface area contributed by atoms with Gasteiger partial charge in [-0.3, -0.25) is 14.7 Å². The van der Waals surface area contributed by atoms with E-state index < -0.39 is 12.1 Å². The van der Waals surface area contributed by atoms with Crippen LogP contribution in [0.2, 0.25) is 0 Å². The third kappa shape index (κ3) is 10.1. The summed E-state index contributed by atoms with van der Waals surface area (Å²) in [5.74, 6) is 0.514. The van der Waals surface area contributed by atoms with Crippen LogP contribution in [0.25, 0.3) is 10.9 Å². The maximum absolute atomic E-state index is 14.1. The Bertz CT molecular complexity index is 1990. The van der Waals surface area contributed by atoms with Crippen LogP contribution >= 0.6 is 0 Å². The Morgan fingerprint density at radius 3 is 2.31 bits per heavy atom. The molecule has 2 N–H and O–H groups in total. The molecule has 0 bridgehead atoms. The number of rotatable bonds is 17. The molecule has 1 amide bonds. The number of aromatic nitrogens is 2. The number of aromatic carboxylic acids is 1. The van der Waals surface area contributed by atoms with Crippen LogP contribution < -0.4 is 15.6 Å². The highest BCUT2D eigenvalue weighted by atomic mass is 16.6. The van der Waals surface area contributed by atoms with Crippen molar-refractivity contribution in [2.75, 3.05) is 5.32 Å². The molecule has 0 aliphatic rings. The van der Waals surface area contributed by atoms with Gasteiger partial charge in [-0.15, -0.1) is 0 Å². The predicted octanol–water partition coefficient (Wildman–Crippen LogP) is 8.98. The van der Waals surface area contributed by atoms with Gasteiger partial charge in [0.2, 0.25) is 0 Å². The van der Waals surface area contributed by atoms with Gasteiger partial charge in [-0.25, -0.2) is 14.6 Å². The minimum atomic E-state index is -0.964. The summed E-state index contributed by atoms with van der Waals surface area (Å²) in [5.41, 5.74) is 5.09. The molecular weight excluding hydrogens is 642 g/mol. The van der Waals surface area contributed by atoms with E-state index in [2.05, 4.69) is 32.2 Å². The number of benzene rings is 4. The molecule has 0 spiro atoms. The molecule has 51 heavy (non-hydrogen) atoms. The number of carboxylic acid groups (broad SMARTS) is 1. The van der Waals surface area contributed by atoms with Crippen molar-refractivity contribution in [2.45, 2.75) is 91.4 Å². The van der Waals surface area contributed by atoms with Crippen molar-refractivity contribution in [1.29, 1.82) is 0 Å². The molecule has 9 heteroatoms. The predicted molar refractivity (Wildman–Crippen MR) is 201 cm³/mol. The van der Waals surface area contributed by atoms with Crippen LogP contribution in [0.15, 0.2) is 95.8 Å². The molecule has 1 heterocycles. The molecule has 0 aliphatic carbocycles. The minimum Gasteiger partial charge on any atom is -0.489 e. The maximum Gasteiger partial charge on any atom is 0.411 e. The Balaban J connectivity index is 1.36. The Morgan fingerprint density at radius 2 is 1.61 bits per heavy atom. The van der Waals surface area contributed by atoms with Gasteiger partial charge in [0.1, 0.15) is 24.3 Å². The van der Waals surface area contributed by atoms with Crippen LogP contribution in [0, 0.1) is 0 Å². The Morgan fingerprint density at radius 1 is 0.843 bits per heavy atom. The summed E-state index contributed by atoms with van der Waals surface area (Å²) in [7, 11) is 0. The molecular formula is C42H47N3O6. The van der Waals surface area contributed by atoms with Gasteiger partial charge >= 0.3 is 12.1 Å². The first-order valence-electron chi connectivity index (χ1n) is 17.9. The van der Waals surface area contributed by atoms with E-state index in [1.807, 2.05) is 42.5 Å². The second-order valence-corrected chi connectivity index (χ2v) is 12.9. The lowest BCUT2D eigenvalue weighted by Crippen LogP contribution is -2.27. The molecule has 266 valence electrons. The Hall–Kier alpha value is -5.44. The van der Waals surface area contributed by atoms with Crippen molar-refractivity contribution in [2.24, 2.45) is 0 Å². The molecule has 0 saturated heterocycles. The van der Waals surface area contributed by atoms with Crippen LogP contribution in [-0.4, -0.2) is 32.8 Å². The number of amides is 1. The molecule has 0 aliphatic heterocycles. The van der Waals surface area contributed by atoms with E-state index in [9.17, 15) is 19.5 Å². The van der Waals surface area contributed by atoms with Crippen LogP contribution in [-0.2, 0) is 37.2 Å². The molecule has 5 rings (SSSR count). The lowest BCUT2D eigenvalue weighted by molar-refractivity contribution is 0.0696. The molecule has 1 aromatic heterocycles. The number of hydrogen-bond acceptors (Lipinski definition) is 6. The van der Waals surface area contributed by atoms with E-state index in [-0.39, 0.29) is 17.2 Å². The maximum atomic E-state index is 14.1. The SMILES string of the molecule is CCCCc1nc2ccc(NC(=O)OC(CCC)Cc3ccccc3)cc2c(=O)n1Cc1ccc(OCc2ccc(C(=O)O)cc2)c(CCC)c1. The van der Waals surface area contributed by atoms with E-state index in [4.69, 9.17) is 14.5 Å². The zero-order chi connectivity index (χ0) is 36.2. The van der Waals surface area contributed by atoms with Crippen molar-refractivity contribution in [3.05, 3.63) is 135 Å². The van der Waals surface area contributed by atoms with Gasteiger partial charge in [-0.1, -0.05) is 94.6 Å². The fourth-order valence-corrected chi connectivity index (χ4v) is 6.16. The number of carboxylic acids is 1. The number of fused-ring (bicyclic) bond motifs is 1. The first kappa shape index (κ1) is 36.8. The zero-order valence-electron chi connectivity index (χ0n) is 29.7. The van der Waals surface area contributed by atoms with E-state index in [0.717, 1.165) is 72.4 Å². The Labute approximate surface area is 299 Å². The van der Waals surface area contributed by atoms with Crippen molar-refractivity contribution < 1.29 is 24.2 Å². The number of carbonyl (C=O) groups is 2. The molecule has 4 aromatic carbocycles. The van der Waals surface area contributed by atoms with Crippen molar-refractivity contribution in [3.8, 4) is 5.75 Å². The summed E-state index contributed by atoms with van der Waals surface area (Å²) in [6.45, 7) is 6.93. The summed E-state index contributed by atoms with van der Waals surface area (Å²) in [6, 6.07) is 27.8. The first-order valence-corrected chi connectivity index (χ1v) is 17.9. The topological polar surface area (TPSA) is 120 Å². The Kier molecular flexibility index (Phi) is 13.0. The molecule has 1 unspecified atom stereocenters. The second kappa shape index (κ2) is 18.0. The number of unbranched alkanes of at least 4 members (excludes halogenated alkanes) is 1. The number of hydrogen-bond donors (Lipinski definition) is 2. The van der Waals surface area contributed by atoms with Crippen LogP contribution in [0.5, 0.6) is 5.75 Å². The van der Waals surface area contributed by atoms with Gasteiger partial charge in [0.05, 0.1) is 23.0 Å². The van der Waals surface area contributed by atoms with E-state index in [0.29, 0.717) is 42.6 Å². The fraction of sp³-hybridized carbons (Fsp3) is 0.333. The van der Waals surface area contributed by atoms with Gasteiger partial charge < -0.3 is 14.6 Å². The third-order valence-corrected chi connectivity index (χ3v) is 8.80. The van der Waals surface area contributed by atoms with Crippen molar-refractivity contribution in [3.63, 3.8) is 0 Å². The average Bonchev–Trinajstić information content (AvgIpc) is 3.12. The quantitative estimate of drug-likeness (QED) is 0.100. The number of anilines is 1.